The molecule has 1 amide bonds. The van der Waals surface area contributed by atoms with Crippen molar-refractivity contribution in [1.82, 2.24) is 0 Å². The van der Waals surface area contributed by atoms with Gasteiger partial charge in [-0.1, -0.05) is 12.1 Å². The van der Waals surface area contributed by atoms with Gasteiger partial charge in [0, 0.05) is 24.2 Å². The molecule has 2 aliphatic rings. The van der Waals surface area contributed by atoms with Crippen molar-refractivity contribution in [3.05, 3.63) is 70.9 Å². The summed E-state index contributed by atoms with van der Waals surface area (Å²) in [5.41, 5.74) is 2.88. The molecule has 0 bridgehead atoms. The molecule has 0 spiro atoms. The summed E-state index contributed by atoms with van der Waals surface area (Å²) in [6.07, 6.45) is 3.03. The number of nitriles is 1. The van der Waals surface area contributed by atoms with Crippen LogP contribution in [0.4, 0.5) is 5.69 Å². The Morgan fingerprint density at radius 2 is 1.96 bits per heavy atom. The van der Waals surface area contributed by atoms with E-state index in [-0.39, 0.29) is 17.5 Å². The zero-order valence-electron chi connectivity index (χ0n) is 14.4. The van der Waals surface area contributed by atoms with E-state index in [1.54, 1.807) is 47.4 Å². The number of aliphatic imine (C=N–C) groups is 1. The van der Waals surface area contributed by atoms with Gasteiger partial charge in [-0.05, 0) is 54.5 Å². The van der Waals surface area contributed by atoms with E-state index >= 15 is 0 Å². The maximum absolute atomic E-state index is 12.1. The molecule has 27 heavy (non-hydrogen) atoms. The average molecular weight is 357 g/mol. The van der Waals surface area contributed by atoms with Gasteiger partial charge in [-0.25, -0.2) is 9.79 Å². The molecule has 0 radical (unpaired) electrons. The van der Waals surface area contributed by atoms with E-state index in [1.807, 2.05) is 12.1 Å². The van der Waals surface area contributed by atoms with Crippen LogP contribution in [0.25, 0.3) is 6.08 Å². The number of hydrogen-bond acceptors (Lipinski definition) is 5. The molecule has 6 heteroatoms. The number of carbonyl (C=O) groups excluding carboxylic acids is 2. The van der Waals surface area contributed by atoms with Gasteiger partial charge in [-0.3, -0.25) is 4.79 Å². The molecule has 2 aromatic rings. The van der Waals surface area contributed by atoms with E-state index in [0.29, 0.717) is 23.1 Å². The van der Waals surface area contributed by atoms with Crippen molar-refractivity contribution in [3.63, 3.8) is 0 Å². The summed E-state index contributed by atoms with van der Waals surface area (Å²) in [5, 5.41) is 8.97. The summed E-state index contributed by atoms with van der Waals surface area (Å²) in [6, 6.07) is 16.2. The highest BCUT2D eigenvalue weighted by atomic mass is 16.6. The lowest BCUT2D eigenvalue weighted by Crippen LogP contribution is -2.23. The van der Waals surface area contributed by atoms with E-state index < -0.39 is 5.97 Å². The number of hydrogen-bond donors (Lipinski definition) is 0. The lowest BCUT2D eigenvalue weighted by atomic mass is 10.1. The van der Waals surface area contributed by atoms with Crippen molar-refractivity contribution >= 4 is 29.5 Å². The molecule has 2 aromatic carbocycles. The van der Waals surface area contributed by atoms with E-state index in [4.69, 9.17) is 10.00 Å². The molecule has 1 saturated heterocycles. The molecule has 2 heterocycles. The predicted molar refractivity (Wildman–Crippen MR) is 99.8 cm³/mol. The van der Waals surface area contributed by atoms with Gasteiger partial charge in [0.05, 0.1) is 11.6 Å². The smallest absolute Gasteiger partial charge is 0.363 e. The van der Waals surface area contributed by atoms with Gasteiger partial charge in [0.15, 0.2) is 5.70 Å². The minimum absolute atomic E-state index is 0.122. The fourth-order valence-corrected chi connectivity index (χ4v) is 3.09. The summed E-state index contributed by atoms with van der Waals surface area (Å²) < 4.78 is 5.27. The minimum Gasteiger partial charge on any atom is -0.402 e. The monoisotopic (exact) mass is 357 g/mol. The molecular weight excluding hydrogens is 342 g/mol. The lowest BCUT2D eigenvalue weighted by molar-refractivity contribution is -0.130. The normalized spacial score (nSPS) is 17.8. The van der Waals surface area contributed by atoms with Crippen LogP contribution in [0, 0.1) is 11.3 Å². The standard InChI is InChI=1S/C21H15N3O3/c22-13-15-4-1-3-14(11-15)12-18-21(26)27-20(23-18)16-6-8-17(9-7-16)24-10-2-5-19(24)25/h1,3-4,6-9,11-12H,2,5,10H2/b18-12+. The predicted octanol–water partition coefficient (Wildman–Crippen LogP) is 3.03. The van der Waals surface area contributed by atoms with Gasteiger partial charge in [-0.2, -0.15) is 5.26 Å². The second kappa shape index (κ2) is 6.89. The van der Waals surface area contributed by atoms with Gasteiger partial charge in [0.1, 0.15) is 0 Å². The molecule has 1 fully saturated rings. The topological polar surface area (TPSA) is 82.8 Å². The highest BCUT2D eigenvalue weighted by molar-refractivity contribution is 6.13. The number of esters is 1. The number of cyclic esters (lactones) is 1. The highest BCUT2D eigenvalue weighted by Crippen LogP contribution is 2.24. The molecule has 0 unspecified atom stereocenters. The number of anilines is 1. The molecule has 6 nitrogen and oxygen atoms in total. The van der Waals surface area contributed by atoms with Crippen LogP contribution in [0.2, 0.25) is 0 Å². The summed E-state index contributed by atoms with van der Waals surface area (Å²) in [7, 11) is 0. The second-order valence-corrected chi connectivity index (χ2v) is 6.27. The fraction of sp³-hybridized carbons (Fsp3) is 0.143. The van der Waals surface area contributed by atoms with Gasteiger partial charge in [0.2, 0.25) is 11.8 Å². The van der Waals surface area contributed by atoms with E-state index in [9.17, 15) is 9.59 Å². The Balaban J connectivity index is 1.58. The van der Waals surface area contributed by atoms with Crippen LogP contribution in [0.3, 0.4) is 0 Å². The largest absolute Gasteiger partial charge is 0.402 e. The first-order valence-corrected chi connectivity index (χ1v) is 8.57. The zero-order valence-corrected chi connectivity index (χ0v) is 14.4. The van der Waals surface area contributed by atoms with Gasteiger partial charge in [-0.15, -0.1) is 0 Å². The molecule has 132 valence electrons. The first kappa shape index (κ1) is 16.7. The summed E-state index contributed by atoms with van der Waals surface area (Å²) >= 11 is 0. The molecular formula is C21H15N3O3. The number of ether oxygens (including phenoxy) is 1. The van der Waals surface area contributed by atoms with Crippen LogP contribution >= 0.6 is 0 Å². The fourth-order valence-electron chi connectivity index (χ4n) is 3.09. The Bertz CT molecular complexity index is 1030. The Hall–Kier alpha value is -3.72. The Morgan fingerprint density at radius 3 is 2.67 bits per heavy atom. The van der Waals surface area contributed by atoms with Crippen LogP contribution in [-0.2, 0) is 14.3 Å². The quantitative estimate of drug-likeness (QED) is 0.624. The van der Waals surface area contributed by atoms with Crippen LogP contribution in [0.15, 0.2) is 59.2 Å². The third kappa shape index (κ3) is 3.35. The second-order valence-electron chi connectivity index (χ2n) is 6.27. The van der Waals surface area contributed by atoms with Crippen molar-refractivity contribution in [2.45, 2.75) is 12.8 Å². The first-order valence-electron chi connectivity index (χ1n) is 8.57. The maximum atomic E-state index is 12.1. The molecule has 0 saturated carbocycles. The molecule has 2 aliphatic heterocycles. The van der Waals surface area contributed by atoms with Crippen LogP contribution in [0.1, 0.15) is 29.5 Å². The highest BCUT2D eigenvalue weighted by Gasteiger charge is 2.25. The molecule has 0 atom stereocenters. The van der Waals surface area contributed by atoms with Crippen molar-refractivity contribution in [3.8, 4) is 6.07 Å². The number of rotatable bonds is 3. The van der Waals surface area contributed by atoms with Crippen molar-refractivity contribution in [2.75, 3.05) is 11.4 Å². The molecule has 0 aliphatic carbocycles. The minimum atomic E-state index is -0.536. The number of carbonyl (C=O) groups is 2. The van der Waals surface area contributed by atoms with Gasteiger partial charge >= 0.3 is 5.97 Å². The van der Waals surface area contributed by atoms with E-state index in [1.165, 1.54) is 0 Å². The van der Waals surface area contributed by atoms with Crippen LogP contribution in [0.5, 0.6) is 0 Å². The molecule has 4 rings (SSSR count). The van der Waals surface area contributed by atoms with Gasteiger partial charge in [0.25, 0.3) is 0 Å². The summed E-state index contributed by atoms with van der Waals surface area (Å²) in [4.78, 5) is 30.0. The van der Waals surface area contributed by atoms with E-state index in [2.05, 4.69) is 11.1 Å². The van der Waals surface area contributed by atoms with Crippen LogP contribution < -0.4 is 4.90 Å². The average Bonchev–Trinajstić information content (AvgIpc) is 3.28. The number of benzene rings is 2. The Kier molecular flexibility index (Phi) is 4.27. The molecule has 0 N–H and O–H groups in total. The molecule has 0 aromatic heterocycles. The first-order chi connectivity index (χ1) is 13.1. The van der Waals surface area contributed by atoms with Crippen LogP contribution in [-0.4, -0.2) is 24.3 Å². The van der Waals surface area contributed by atoms with Crippen molar-refractivity contribution in [1.29, 1.82) is 5.26 Å². The van der Waals surface area contributed by atoms with Crippen molar-refractivity contribution in [2.24, 2.45) is 4.99 Å². The Labute approximate surface area is 156 Å². The number of amides is 1. The maximum Gasteiger partial charge on any atom is 0.363 e. The third-order valence-corrected chi connectivity index (χ3v) is 4.44. The number of nitrogens with zero attached hydrogens (tertiary/aromatic N) is 3. The zero-order chi connectivity index (χ0) is 18.8. The van der Waals surface area contributed by atoms with E-state index in [0.717, 1.165) is 18.7 Å². The Morgan fingerprint density at radius 1 is 1.15 bits per heavy atom. The SMILES string of the molecule is N#Cc1cccc(/C=C2/N=C(c3ccc(N4CCCC4=O)cc3)OC2=O)c1. The summed E-state index contributed by atoms with van der Waals surface area (Å²) in [6.45, 7) is 0.725. The van der Waals surface area contributed by atoms with Crippen molar-refractivity contribution < 1.29 is 14.3 Å². The van der Waals surface area contributed by atoms with Gasteiger partial charge < -0.3 is 9.64 Å². The lowest BCUT2D eigenvalue weighted by Gasteiger charge is -2.15. The summed E-state index contributed by atoms with van der Waals surface area (Å²) in [5.74, 6) is -0.189. The third-order valence-electron chi connectivity index (χ3n) is 4.44.